The number of hydrogen-bond acceptors (Lipinski definition) is 2. The van der Waals surface area contributed by atoms with Crippen LogP contribution in [0, 0.1) is 11.3 Å². The lowest BCUT2D eigenvalue weighted by Gasteiger charge is -1.96. The molecule has 0 N–H and O–H groups in total. The highest BCUT2D eigenvalue weighted by Crippen LogP contribution is 2.23. The maximum atomic E-state index is 8.26. The van der Waals surface area contributed by atoms with Crippen LogP contribution in [-0.2, 0) is 0 Å². The molecule has 0 rings (SSSR count). The van der Waals surface area contributed by atoms with E-state index in [1.807, 2.05) is 32.9 Å². The standard InChI is InChI=1S/C8H11NS/c1-4-7(2)10-8(3)5-6-9/h4-5H,1-3H3/b7-4-,8-5+. The van der Waals surface area contributed by atoms with Gasteiger partial charge < -0.3 is 0 Å². The topological polar surface area (TPSA) is 23.8 Å². The molecule has 0 aromatic heterocycles. The summed E-state index contributed by atoms with van der Waals surface area (Å²) in [6, 6.07) is 1.99. The molecule has 0 amide bonds. The number of rotatable bonds is 2. The second kappa shape index (κ2) is 5.13. The average Bonchev–Trinajstić information content (AvgIpc) is 1.88. The molecule has 0 heterocycles. The van der Waals surface area contributed by atoms with E-state index in [-0.39, 0.29) is 0 Å². The molecule has 0 bridgehead atoms. The van der Waals surface area contributed by atoms with Gasteiger partial charge in [-0.15, -0.1) is 0 Å². The summed E-state index contributed by atoms with van der Waals surface area (Å²) in [5.41, 5.74) is 0. The van der Waals surface area contributed by atoms with E-state index in [0.29, 0.717) is 0 Å². The van der Waals surface area contributed by atoms with Crippen molar-refractivity contribution in [2.45, 2.75) is 20.8 Å². The van der Waals surface area contributed by atoms with Crippen LogP contribution in [0.15, 0.2) is 22.0 Å². The third-order valence-electron chi connectivity index (χ3n) is 0.996. The van der Waals surface area contributed by atoms with Crippen molar-refractivity contribution in [1.29, 1.82) is 5.26 Å². The molecule has 0 radical (unpaired) electrons. The van der Waals surface area contributed by atoms with Crippen molar-refractivity contribution < 1.29 is 0 Å². The predicted molar refractivity (Wildman–Crippen MR) is 46.4 cm³/mol. The predicted octanol–water partition coefficient (Wildman–Crippen LogP) is 3.07. The molecule has 0 aromatic carbocycles. The van der Waals surface area contributed by atoms with Crippen LogP contribution in [0.5, 0.6) is 0 Å². The molecule has 0 fully saturated rings. The molecule has 0 aliphatic heterocycles. The monoisotopic (exact) mass is 153 g/mol. The molecule has 0 atom stereocenters. The van der Waals surface area contributed by atoms with Crippen LogP contribution in [-0.4, -0.2) is 0 Å². The molecular weight excluding hydrogens is 142 g/mol. The molecule has 0 unspecified atom stereocenters. The number of hydrogen-bond donors (Lipinski definition) is 0. The number of allylic oxidation sites excluding steroid dienone is 4. The van der Waals surface area contributed by atoms with Gasteiger partial charge in [-0.25, -0.2) is 0 Å². The molecule has 54 valence electrons. The Morgan fingerprint density at radius 2 is 2.00 bits per heavy atom. The van der Waals surface area contributed by atoms with Crippen molar-refractivity contribution in [1.82, 2.24) is 0 Å². The average molecular weight is 153 g/mol. The van der Waals surface area contributed by atoms with E-state index < -0.39 is 0 Å². The Kier molecular flexibility index (Phi) is 4.78. The van der Waals surface area contributed by atoms with E-state index in [0.717, 1.165) is 4.91 Å². The van der Waals surface area contributed by atoms with Gasteiger partial charge in [0.2, 0.25) is 0 Å². The fraction of sp³-hybridized carbons (Fsp3) is 0.375. The smallest absolute Gasteiger partial charge is 0.0920 e. The second-order valence-electron chi connectivity index (χ2n) is 1.89. The van der Waals surface area contributed by atoms with Crippen LogP contribution in [0.1, 0.15) is 20.8 Å². The van der Waals surface area contributed by atoms with Crippen LogP contribution < -0.4 is 0 Å². The van der Waals surface area contributed by atoms with Crippen LogP contribution in [0.2, 0.25) is 0 Å². The summed E-state index contributed by atoms with van der Waals surface area (Å²) >= 11 is 1.62. The van der Waals surface area contributed by atoms with Crippen molar-refractivity contribution in [3.05, 3.63) is 22.0 Å². The SMILES string of the molecule is C/C=C(/C)S/C(C)=C/C#N. The first-order chi connectivity index (χ1) is 4.70. The Morgan fingerprint density at radius 1 is 1.40 bits per heavy atom. The first-order valence-corrected chi connectivity index (χ1v) is 3.89. The maximum absolute atomic E-state index is 8.26. The number of nitriles is 1. The minimum atomic E-state index is 1.04. The molecule has 2 heteroatoms. The van der Waals surface area contributed by atoms with Gasteiger partial charge in [0.15, 0.2) is 0 Å². The summed E-state index contributed by atoms with van der Waals surface area (Å²) in [4.78, 5) is 2.27. The number of thioether (sulfide) groups is 1. The Labute approximate surface area is 66.4 Å². The summed E-state index contributed by atoms with van der Waals surface area (Å²) in [7, 11) is 0. The minimum Gasteiger partial charge on any atom is -0.193 e. The van der Waals surface area contributed by atoms with Gasteiger partial charge in [-0.05, 0) is 30.6 Å². The molecule has 0 aliphatic rings. The zero-order chi connectivity index (χ0) is 7.98. The fourth-order valence-corrected chi connectivity index (χ4v) is 1.17. The lowest BCUT2D eigenvalue weighted by molar-refractivity contribution is 1.52. The normalized spacial score (nSPS) is 13.0. The van der Waals surface area contributed by atoms with E-state index in [2.05, 4.69) is 0 Å². The minimum absolute atomic E-state index is 1.04. The van der Waals surface area contributed by atoms with Gasteiger partial charge in [-0.1, -0.05) is 17.8 Å². The van der Waals surface area contributed by atoms with Crippen molar-refractivity contribution in [3.8, 4) is 6.07 Å². The van der Waals surface area contributed by atoms with Crippen molar-refractivity contribution >= 4 is 11.8 Å². The van der Waals surface area contributed by atoms with Gasteiger partial charge in [0, 0.05) is 6.08 Å². The first-order valence-electron chi connectivity index (χ1n) is 3.08. The Morgan fingerprint density at radius 3 is 2.40 bits per heavy atom. The second-order valence-corrected chi connectivity index (χ2v) is 3.38. The van der Waals surface area contributed by atoms with Gasteiger partial charge in [-0.3, -0.25) is 0 Å². The summed E-state index contributed by atoms with van der Waals surface area (Å²) < 4.78 is 0. The molecule has 1 nitrogen and oxygen atoms in total. The maximum Gasteiger partial charge on any atom is 0.0920 e. The van der Waals surface area contributed by atoms with Gasteiger partial charge in [0.05, 0.1) is 6.07 Å². The van der Waals surface area contributed by atoms with E-state index in [1.54, 1.807) is 17.8 Å². The zero-order valence-corrected chi connectivity index (χ0v) is 7.33. The van der Waals surface area contributed by atoms with E-state index >= 15 is 0 Å². The van der Waals surface area contributed by atoms with Crippen LogP contribution >= 0.6 is 11.8 Å². The van der Waals surface area contributed by atoms with Gasteiger partial charge in [-0.2, -0.15) is 5.26 Å². The van der Waals surface area contributed by atoms with E-state index in [9.17, 15) is 0 Å². The van der Waals surface area contributed by atoms with Crippen molar-refractivity contribution in [2.75, 3.05) is 0 Å². The highest BCUT2D eigenvalue weighted by atomic mass is 32.2. The number of nitrogens with zero attached hydrogens (tertiary/aromatic N) is 1. The summed E-state index contributed by atoms with van der Waals surface area (Å²) in [5.74, 6) is 0. The quantitative estimate of drug-likeness (QED) is 0.569. The first kappa shape index (κ1) is 9.32. The lowest BCUT2D eigenvalue weighted by atomic mass is 10.6. The van der Waals surface area contributed by atoms with Crippen LogP contribution in [0.4, 0.5) is 0 Å². The third-order valence-corrected chi connectivity index (χ3v) is 1.99. The lowest BCUT2D eigenvalue weighted by Crippen LogP contribution is -1.67. The Bertz CT molecular complexity index is 196. The van der Waals surface area contributed by atoms with Crippen molar-refractivity contribution in [3.63, 3.8) is 0 Å². The van der Waals surface area contributed by atoms with Crippen LogP contribution in [0.25, 0.3) is 0 Å². The zero-order valence-electron chi connectivity index (χ0n) is 6.51. The van der Waals surface area contributed by atoms with Crippen LogP contribution in [0.3, 0.4) is 0 Å². The Hall–Kier alpha value is -0.680. The highest BCUT2D eigenvalue weighted by Gasteiger charge is 1.89. The summed E-state index contributed by atoms with van der Waals surface area (Å²) in [6.45, 7) is 5.95. The molecule has 0 spiro atoms. The molecule has 10 heavy (non-hydrogen) atoms. The molecule has 0 saturated heterocycles. The molecule has 0 saturated carbocycles. The molecular formula is C8H11NS. The van der Waals surface area contributed by atoms with Gasteiger partial charge >= 0.3 is 0 Å². The van der Waals surface area contributed by atoms with Crippen molar-refractivity contribution in [2.24, 2.45) is 0 Å². The fourth-order valence-electron chi connectivity index (χ4n) is 0.433. The Balaban J connectivity index is 3.94. The molecule has 0 aromatic rings. The van der Waals surface area contributed by atoms with E-state index in [1.165, 1.54) is 4.91 Å². The van der Waals surface area contributed by atoms with Gasteiger partial charge in [0.25, 0.3) is 0 Å². The largest absolute Gasteiger partial charge is 0.193 e. The summed E-state index contributed by atoms with van der Waals surface area (Å²) in [6.07, 6.45) is 3.58. The third kappa shape index (κ3) is 4.22. The summed E-state index contributed by atoms with van der Waals surface area (Å²) in [5, 5.41) is 8.26. The van der Waals surface area contributed by atoms with Gasteiger partial charge in [0.1, 0.15) is 0 Å². The van der Waals surface area contributed by atoms with E-state index in [4.69, 9.17) is 5.26 Å². The molecule has 0 aliphatic carbocycles. The highest BCUT2D eigenvalue weighted by molar-refractivity contribution is 8.06.